The number of nitrogens with two attached hydrogens (primary N) is 1. The number of rotatable bonds is 4. The Kier molecular flexibility index (Phi) is 3.17. The SMILES string of the molecule is CN(CC(=O)NC1CC1)c1cc(N)cc(F)c1. The number of halogens is 1. The number of benzene rings is 1. The summed E-state index contributed by atoms with van der Waals surface area (Å²) in [5, 5.41) is 2.88. The quantitative estimate of drug-likeness (QED) is 0.772. The molecule has 1 fully saturated rings. The summed E-state index contributed by atoms with van der Waals surface area (Å²) >= 11 is 0. The molecule has 0 saturated heterocycles. The Hall–Kier alpha value is -1.78. The van der Waals surface area contributed by atoms with Crippen LogP contribution in [0, 0.1) is 5.82 Å². The lowest BCUT2D eigenvalue weighted by Crippen LogP contribution is -2.36. The summed E-state index contributed by atoms with van der Waals surface area (Å²) in [4.78, 5) is 13.2. The molecule has 92 valence electrons. The lowest BCUT2D eigenvalue weighted by molar-refractivity contribution is -0.119. The van der Waals surface area contributed by atoms with Gasteiger partial charge in [0.15, 0.2) is 0 Å². The van der Waals surface area contributed by atoms with Crippen LogP contribution < -0.4 is 16.0 Å². The van der Waals surface area contributed by atoms with Gasteiger partial charge in [0.25, 0.3) is 0 Å². The van der Waals surface area contributed by atoms with E-state index in [4.69, 9.17) is 5.73 Å². The van der Waals surface area contributed by atoms with Crippen molar-refractivity contribution in [3.05, 3.63) is 24.0 Å². The van der Waals surface area contributed by atoms with Crippen LogP contribution in [0.25, 0.3) is 0 Å². The molecule has 0 radical (unpaired) electrons. The zero-order valence-electron chi connectivity index (χ0n) is 9.74. The maximum Gasteiger partial charge on any atom is 0.239 e. The summed E-state index contributed by atoms with van der Waals surface area (Å²) in [5.41, 5.74) is 6.51. The zero-order chi connectivity index (χ0) is 12.4. The van der Waals surface area contributed by atoms with Crippen LogP contribution in [-0.4, -0.2) is 25.5 Å². The third kappa shape index (κ3) is 3.34. The predicted molar refractivity (Wildman–Crippen MR) is 65.2 cm³/mol. The highest BCUT2D eigenvalue weighted by atomic mass is 19.1. The van der Waals surface area contributed by atoms with Crippen LogP contribution in [0.15, 0.2) is 18.2 Å². The maximum absolute atomic E-state index is 13.1. The summed E-state index contributed by atoms with van der Waals surface area (Å²) in [6.07, 6.45) is 2.12. The van der Waals surface area contributed by atoms with Crippen molar-refractivity contribution in [1.29, 1.82) is 0 Å². The molecule has 0 unspecified atom stereocenters. The molecule has 0 aromatic heterocycles. The molecule has 0 heterocycles. The van der Waals surface area contributed by atoms with Crippen LogP contribution in [0.1, 0.15) is 12.8 Å². The van der Waals surface area contributed by atoms with Crippen molar-refractivity contribution >= 4 is 17.3 Å². The number of nitrogens with zero attached hydrogens (tertiary/aromatic N) is 1. The molecule has 17 heavy (non-hydrogen) atoms. The van der Waals surface area contributed by atoms with E-state index in [0.717, 1.165) is 12.8 Å². The van der Waals surface area contributed by atoms with Crippen molar-refractivity contribution in [2.75, 3.05) is 24.2 Å². The van der Waals surface area contributed by atoms with Crippen molar-refractivity contribution in [3.63, 3.8) is 0 Å². The van der Waals surface area contributed by atoms with Gasteiger partial charge in [0.2, 0.25) is 5.91 Å². The van der Waals surface area contributed by atoms with Crippen molar-refractivity contribution in [2.24, 2.45) is 0 Å². The summed E-state index contributed by atoms with van der Waals surface area (Å²) < 4.78 is 13.1. The molecule has 1 aliphatic rings. The Morgan fingerprint density at radius 3 is 2.82 bits per heavy atom. The number of amides is 1. The van der Waals surface area contributed by atoms with Crippen molar-refractivity contribution < 1.29 is 9.18 Å². The number of carbonyl (C=O) groups excluding carboxylic acids is 1. The van der Waals surface area contributed by atoms with E-state index in [1.54, 1.807) is 18.0 Å². The molecule has 1 saturated carbocycles. The molecule has 4 nitrogen and oxygen atoms in total. The first-order chi connectivity index (χ1) is 8.04. The van der Waals surface area contributed by atoms with E-state index < -0.39 is 5.82 Å². The molecule has 5 heteroatoms. The lowest BCUT2D eigenvalue weighted by atomic mass is 10.2. The van der Waals surface area contributed by atoms with E-state index in [0.29, 0.717) is 17.4 Å². The van der Waals surface area contributed by atoms with Gasteiger partial charge in [-0.25, -0.2) is 4.39 Å². The fourth-order valence-electron chi connectivity index (χ4n) is 1.62. The summed E-state index contributed by atoms with van der Waals surface area (Å²) in [6, 6.07) is 4.60. The van der Waals surface area contributed by atoms with Gasteiger partial charge >= 0.3 is 0 Å². The van der Waals surface area contributed by atoms with Gasteiger partial charge in [0, 0.05) is 24.5 Å². The molecular formula is C12H16FN3O. The minimum atomic E-state index is -0.394. The van der Waals surface area contributed by atoms with Crippen LogP contribution >= 0.6 is 0 Å². The van der Waals surface area contributed by atoms with Crippen LogP contribution in [0.3, 0.4) is 0 Å². The predicted octanol–water partition coefficient (Wildman–Crippen LogP) is 1.12. The Labute approximate surface area is 99.6 Å². The van der Waals surface area contributed by atoms with E-state index in [1.165, 1.54) is 12.1 Å². The third-order valence-corrected chi connectivity index (χ3v) is 2.67. The summed E-state index contributed by atoms with van der Waals surface area (Å²) in [6.45, 7) is 0.208. The number of nitrogen functional groups attached to an aromatic ring is 1. The first-order valence-corrected chi connectivity index (χ1v) is 5.61. The Balaban J connectivity index is 1.97. The highest BCUT2D eigenvalue weighted by Gasteiger charge is 2.23. The molecular weight excluding hydrogens is 221 g/mol. The fraction of sp³-hybridized carbons (Fsp3) is 0.417. The van der Waals surface area contributed by atoms with Gasteiger partial charge in [-0.1, -0.05) is 0 Å². The number of hydrogen-bond donors (Lipinski definition) is 2. The Morgan fingerprint density at radius 1 is 1.53 bits per heavy atom. The topological polar surface area (TPSA) is 58.4 Å². The van der Waals surface area contributed by atoms with Crippen LogP contribution in [-0.2, 0) is 4.79 Å². The fourth-order valence-corrected chi connectivity index (χ4v) is 1.62. The number of nitrogens with one attached hydrogen (secondary N) is 1. The molecule has 0 spiro atoms. The number of carbonyl (C=O) groups is 1. The zero-order valence-corrected chi connectivity index (χ0v) is 9.74. The highest BCUT2D eigenvalue weighted by Crippen LogP contribution is 2.20. The largest absolute Gasteiger partial charge is 0.399 e. The van der Waals surface area contributed by atoms with Crippen molar-refractivity contribution in [2.45, 2.75) is 18.9 Å². The molecule has 2 rings (SSSR count). The van der Waals surface area contributed by atoms with Crippen LogP contribution in [0.4, 0.5) is 15.8 Å². The Morgan fingerprint density at radius 2 is 2.24 bits per heavy atom. The van der Waals surface area contributed by atoms with Gasteiger partial charge < -0.3 is 16.0 Å². The summed E-state index contributed by atoms with van der Waals surface area (Å²) in [5.74, 6) is -0.438. The Bertz CT molecular complexity index is 412. The molecule has 1 aromatic carbocycles. The molecule has 1 amide bonds. The average molecular weight is 237 g/mol. The number of hydrogen-bond acceptors (Lipinski definition) is 3. The van der Waals surface area contributed by atoms with Gasteiger partial charge in [-0.3, -0.25) is 4.79 Å². The first-order valence-electron chi connectivity index (χ1n) is 5.61. The second kappa shape index (κ2) is 4.61. The summed E-state index contributed by atoms with van der Waals surface area (Å²) in [7, 11) is 1.74. The minimum absolute atomic E-state index is 0.0437. The molecule has 3 N–H and O–H groups in total. The molecule has 0 atom stereocenters. The standard InChI is InChI=1S/C12H16FN3O/c1-16(7-12(17)15-10-2-3-10)11-5-8(13)4-9(14)6-11/h4-6,10H,2-3,7,14H2,1H3,(H,15,17). The van der Waals surface area contributed by atoms with Gasteiger partial charge in [-0.05, 0) is 31.0 Å². The lowest BCUT2D eigenvalue weighted by Gasteiger charge is -2.19. The minimum Gasteiger partial charge on any atom is -0.399 e. The van der Waals surface area contributed by atoms with Gasteiger partial charge in [-0.15, -0.1) is 0 Å². The normalized spacial score (nSPS) is 14.5. The maximum atomic E-state index is 13.1. The van der Waals surface area contributed by atoms with Crippen molar-refractivity contribution in [1.82, 2.24) is 5.32 Å². The molecule has 1 aromatic rings. The van der Waals surface area contributed by atoms with E-state index in [-0.39, 0.29) is 12.5 Å². The molecule has 0 bridgehead atoms. The van der Waals surface area contributed by atoms with E-state index in [1.807, 2.05) is 0 Å². The van der Waals surface area contributed by atoms with Gasteiger partial charge in [-0.2, -0.15) is 0 Å². The molecule has 0 aliphatic heterocycles. The third-order valence-electron chi connectivity index (χ3n) is 2.67. The second-order valence-electron chi connectivity index (χ2n) is 4.44. The smallest absolute Gasteiger partial charge is 0.239 e. The van der Waals surface area contributed by atoms with E-state index in [2.05, 4.69) is 5.32 Å². The van der Waals surface area contributed by atoms with E-state index in [9.17, 15) is 9.18 Å². The molecule has 1 aliphatic carbocycles. The van der Waals surface area contributed by atoms with Crippen molar-refractivity contribution in [3.8, 4) is 0 Å². The van der Waals surface area contributed by atoms with Gasteiger partial charge in [0.05, 0.1) is 6.54 Å². The first kappa shape index (κ1) is 11.7. The number of likely N-dealkylation sites (N-methyl/N-ethyl adjacent to an activating group) is 1. The van der Waals surface area contributed by atoms with Crippen LogP contribution in [0.2, 0.25) is 0 Å². The highest BCUT2D eigenvalue weighted by molar-refractivity contribution is 5.82. The second-order valence-corrected chi connectivity index (χ2v) is 4.44. The van der Waals surface area contributed by atoms with Crippen LogP contribution in [0.5, 0.6) is 0 Å². The van der Waals surface area contributed by atoms with Gasteiger partial charge in [0.1, 0.15) is 5.82 Å². The van der Waals surface area contributed by atoms with E-state index >= 15 is 0 Å². The monoisotopic (exact) mass is 237 g/mol. The number of anilines is 2. The average Bonchev–Trinajstić information content (AvgIpc) is 2.99.